The molecule has 0 nitrogen and oxygen atoms in total. The predicted molar refractivity (Wildman–Crippen MR) is 79.5 cm³/mol. The third-order valence-electron chi connectivity index (χ3n) is 2.68. The molecular formula is C12H28ClPSn. The van der Waals surface area contributed by atoms with Crippen molar-refractivity contribution in [2.45, 2.75) is 53.8 Å². The number of halogens is 1. The molecule has 0 unspecified atom stereocenters. The van der Waals surface area contributed by atoms with E-state index in [9.17, 15) is 0 Å². The molecule has 0 saturated carbocycles. The summed E-state index contributed by atoms with van der Waals surface area (Å²) in [4.78, 5) is 4.70. The molecule has 0 rings (SSSR count). The summed E-state index contributed by atoms with van der Waals surface area (Å²) >= 11 is -1.99. The van der Waals surface area contributed by atoms with Crippen molar-refractivity contribution in [1.82, 2.24) is 0 Å². The average Bonchev–Trinajstić information content (AvgIpc) is 2.15. The monoisotopic (exact) mass is 358 g/mol. The minimum absolute atomic E-state index is 0.331. The van der Waals surface area contributed by atoms with Crippen molar-refractivity contribution in [3.63, 3.8) is 0 Å². The third-order valence-corrected chi connectivity index (χ3v) is 12.0. The van der Waals surface area contributed by atoms with Crippen LogP contribution in [0.4, 0.5) is 0 Å². The summed E-state index contributed by atoms with van der Waals surface area (Å²) in [5.74, 6) is 0. The molecule has 0 saturated heterocycles. The summed E-state index contributed by atoms with van der Waals surface area (Å²) in [6.07, 6.45) is 10.1. The summed E-state index contributed by atoms with van der Waals surface area (Å²) in [7, 11) is 6.80. The molecule has 0 radical (unpaired) electrons. The molecule has 0 aromatic rings. The molecule has 0 aromatic carbocycles. The van der Waals surface area contributed by atoms with Gasteiger partial charge in [-0.3, -0.25) is 0 Å². The minimum atomic E-state index is -1.99. The fourth-order valence-corrected chi connectivity index (χ4v) is 13.5. The molecule has 0 aliphatic heterocycles. The number of unbranched alkanes of at least 4 members (excludes halogenated alkanes) is 2. The molecule has 0 aliphatic rings. The third kappa shape index (κ3) is 11.8. The van der Waals surface area contributed by atoms with E-state index in [2.05, 4.69) is 23.7 Å². The molecule has 0 spiro atoms. The van der Waals surface area contributed by atoms with Gasteiger partial charge in [-0.25, -0.2) is 0 Å². The first kappa shape index (κ1) is 16.5. The SMILES string of the molecule is CCCCP(CCCC)C[CH2][Sn]([CH3])([CH3])[Cl]. The second-order valence-corrected chi connectivity index (χ2v) is 25.8. The van der Waals surface area contributed by atoms with Crippen LogP contribution in [0, 0.1) is 0 Å². The molecule has 0 amide bonds. The van der Waals surface area contributed by atoms with Crippen LogP contribution in [0.15, 0.2) is 0 Å². The fraction of sp³-hybridized carbons (Fsp3) is 1.00. The van der Waals surface area contributed by atoms with Crippen LogP contribution in [0.2, 0.25) is 14.3 Å². The molecule has 0 N–H and O–H groups in total. The summed E-state index contributed by atoms with van der Waals surface area (Å²) in [6.45, 7) is 4.61. The van der Waals surface area contributed by atoms with Gasteiger partial charge in [0.1, 0.15) is 0 Å². The van der Waals surface area contributed by atoms with Crippen molar-refractivity contribution in [1.29, 1.82) is 0 Å². The quantitative estimate of drug-likeness (QED) is 0.377. The van der Waals surface area contributed by atoms with Gasteiger partial charge in [0.25, 0.3) is 0 Å². The summed E-state index contributed by atoms with van der Waals surface area (Å²) in [5.41, 5.74) is 0. The Morgan fingerprint density at radius 3 is 1.73 bits per heavy atom. The van der Waals surface area contributed by atoms with Crippen LogP contribution < -0.4 is 0 Å². The Hall–Kier alpha value is 1.52. The van der Waals surface area contributed by atoms with E-state index in [0.29, 0.717) is 7.92 Å². The number of hydrogen-bond acceptors (Lipinski definition) is 0. The average molecular weight is 357 g/mol. The first-order valence-corrected chi connectivity index (χ1v) is 19.6. The van der Waals surface area contributed by atoms with E-state index < -0.39 is 17.3 Å². The standard InChI is InChI=1S/C10H22P.2CH3.ClH.Sn/c1-4-7-9-11(6-3)10-8-5-2;;;;/h3-10H2,1-2H3;2*1H3;1H;/q;;;;+1/p-1. The predicted octanol–water partition coefficient (Wildman–Crippen LogP) is 5.51. The van der Waals surface area contributed by atoms with Crippen molar-refractivity contribution < 1.29 is 0 Å². The van der Waals surface area contributed by atoms with Crippen LogP contribution in [0.5, 0.6) is 0 Å². The summed E-state index contributed by atoms with van der Waals surface area (Å²) < 4.78 is 1.40. The van der Waals surface area contributed by atoms with E-state index in [4.69, 9.17) is 8.92 Å². The van der Waals surface area contributed by atoms with Gasteiger partial charge in [-0.1, -0.05) is 0 Å². The maximum atomic E-state index is 6.47. The van der Waals surface area contributed by atoms with Crippen LogP contribution in [-0.2, 0) is 0 Å². The van der Waals surface area contributed by atoms with Gasteiger partial charge >= 0.3 is 106 Å². The first-order valence-electron chi connectivity index (χ1n) is 6.41. The topological polar surface area (TPSA) is 0 Å². The van der Waals surface area contributed by atoms with Gasteiger partial charge in [-0.2, -0.15) is 0 Å². The molecule has 0 atom stereocenters. The van der Waals surface area contributed by atoms with E-state index in [-0.39, 0.29) is 0 Å². The zero-order valence-corrected chi connectivity index (χ0v) is 15.5. The number of hydrogen-bond donors (Lipinski definition) is 0. The van der Waals surface area contributed by atoms with Crippen LogP contribution in [0.25, 0.3) is 0 Å². The molecule has 3 heteroatoms. The second kappa shape index (κ2) is 9.54. The van der Waals surface area contributed by atoms with E-state index in [1.807, 2.05) is 0 Å². The normalized spacial score (nSPS) is 12.4. The van der Waals surface area contributed by atoms with Crippen LogP contribution in [0.1, 0.15) is 39.5 Å². The van der Waals surface area contributed by atoms with Crippen molar-refractivity contribution in [3.05, 3.63) is 0 Å². The zero-order chi connectivity index (χ0) is 11.7. The molecule has 0 aromatic heterocycles. The van der Waals surface area contributed by atoms with Crippen molar-refractivity contribution >= 4 is 34.1 Å². The van der Waals surface area contributed by atoms with Gasteiger partial charge in [-0.15, -0.1) is 0 Å². The van der Waals surface area contributed by atoms with Gasteiger partial charge in [0.05, 0.1) is 0 Å². The van der Waals surface area contributed by atoms with E-state index in [0.717, 1.165) is 0 Å². The van der Waals surface area contributed by atoms with Gasteiger partial charge in [0.15, 0.2) is 0 Å². The van der Waals surface area contributed by atoms with Gasteiger partial charge < -0.3 is 0 Å². The summed E-state index contributed by atoms with van der Waals surface area (Å²) in [5, 5.41) is 0. The van der Waals surface area contributed by atoms with Crippen LogP contribution in [-0.4, -0.2) is 35.7 Å². The van der Waals surface area contributed by atoms with Crippen molar-refractivity contribution in [2.24, 2.45) is 0 Å². The molecule has 0 heterocycles. The molecule has 0 bridgehead atoms. The van der Waals surface area contributed by atoms with Crippen molar-refractivity contribution in [3.8, 4) is 0 Å². The van der Waals surface area contributed by atoms with Gasteiger partial charge in [-0.05, 0) is 0 Å². The number of rotatable bonds is 9. The maximum absolute atomic E-state index is 6.47. The molecule has 92 valence electrons. The zero-order valence-electron chi connectivity index (χ0n) is 11.0. The van der Waals surface area contributed by atoms with Crippen LogP contribution >= 0.6 is 16.8 Å². The Morgan fingerprint density at radius 2 is 1.40 bits per heavy atom. The molecule has 0 fully saturated rings. The van der Waals surface area contributed by atoms with Crippen LogP contribution in [0.3, 0.4) is 0 Å². The molecule has 15 heavy (non-hydrogen) atoms. The Kier molecular flexibility index (Phi) is 10.5. The van der Waals surface area contributed by atoms with E-state index >= 15 is 0 Å². The second-order valence-electron chi connectivity index (χ2n) is 5.02. The van der Waals surface area contributed by atoms with E-state index in [1.165, 1.54) is 48.6 Å². The molecule has 0 aliphatic carbocycles. The fourth-order valence-electron chi connectivity index (χ4n) is 1.52. The first-order chi connectivity index (χ1) is 6.99. The van der Waals surface area contributed by atoms with Gasteiger partial charge in [0, 0.05) is 0 Å². The summed E-state index contributed by atoms with van der Waals surface area (Å²) in [6, 6.07) is 0. The van der Waals surface area contributed by atoms with E-state index in [1.54, 1.807) is 0 Å². The Balaban J connectivity index is 3.78. The Bertz CT molecular complexity index is 137. The Labute approximate surface area is 106 Å². The molecular weight excluding hydrogens is 329 g/mol. The van der Waals surface area contributed by atoms with Gasteiger partial charge in [0.2, 0.25) is 0 Å². The van der Waals surface area contributed by atoms with Crippen molar-refractivity contribution in [2.75, 3.05) is 18.5 Å². The Morgan fingerprint density at radius 1 is 0.933 bits per heavy atom.